The smallest absolute Gasteiger partial charge is 0.226 e. The van der Waals surface area contributed by atoms with Crippen molar-refractivity contribution in [2.75, 3.05) is 18.0 Å². The van der Waals surface area contributed by atoms with Gasteiger partial charge in [-0.1, -0.05) is 30.7 Å². The summed E-state index contributed by atoms with van der Waals surface area (Å²) >= 11 is 6.07. The molecule has 0 spiro atoms. The largest absolute Gasteiger partial charge is 0.330 e. The molecule has 3 nitrogen and oxygen atoms in total. The molecule has 4 heteroatoms. The second-order valence-electron chi connectivity index (χ2n) is 3.49. The summed E-state index contributed by atoms with van der Waals surface area (Å²) in [7, 11) is 0. The van der Waals surface area contributed by atoms with Gasteiger partial charge in [-0.05, 0) is 25.1 Å². The number of para-hydroxylation sites is 1. The molecule has 0 bridgehead atoms. The standard InChI is InChI=1S/C12H17ClN2O/c1-2-12(16)15(9-5-8-14)11-7-4-3-6-10(11)13/h3-4,6-7H,2,5,8-9,14H2,1H3. The number of hydrogen-bond acceptors (Lipinski definition) is 2. The Morgan fingerprint density at radius 2 is 2.12 bits per heavy atom. The third-order valence-corrected chi connectivity index (χ3v) is 2.65. The van der Waals surface area contributed by atoms with Gasteiger partial charge >= 0.3 is 0 Å². The Morgan fingerprint density at radius 1 is 1.44 bits per heavy atom. The van der Waals surface area contributed by atoms with Gasteiger partial charge in [0.2, 0.25) is 5.91 Å². The Bertz CT molecular complexity index is 355. The van der Waals surface area contributed by atoms with E-state index in [1.165, 1.54) is 0 Å². The summed E-state index contributed by atoms with van der Waals surface area (Å²) in [5, 5.41) is 0.598. The van der Waals surface area contributed by atoms with Gasteiger partial charge < -0.3 is 10.6 Å². The second kappa shape index (κ2) is 6.51. The number of halogens is 1. The summed E-state index contributed by atoms with van der Waals surface area (Å²) in [5.41, 5.74) is 6.23. The summed E-state index contributed by atoms with van der Waals surface area (Å²) in [5.74, 6) is 0.0709. The minimum Gasteiger partial charge on any atom is -0.330 e. The maximum atomic E-state index is 11.8. The summed E-state index contributed by atoms with van der Waals surface area (Å²) in [4.78, 5) is 13.5. The first-order valence-corrected chi connectivity index (χ1v) is 5.83. The highest BCUT2D eigenvalue weighted by atomic mass is 35.5. The van der Waals surface area contributed by atoms with E-state index in [-0.39, 0.29) is 5.91 Å². The molecule has 0 aliphatic rings. The monoisotopic (exact) mass is 240 g/mol. The van der Waals surface area contributed by atoms with Crippen LogP contribution in [0, 0.1) is 0 Å². The molecule has 0 saturated heterocycles. The van der Waals surface area contributed by atoms with Crippen LogP contribution in [0.15, 0.2) is 24.3 Å². The van der Waals surface area contributed by atoms with E-state index in [4.69, 9.17) is 17.3 Å². The lowest BCUT2D eigenvalue weighted by Crippen LogP contribution is -2.32. The first-order chi connectivity index (χ1) is 7.70. The van der Waals surface area contributed by atoms with Crippen molar-refractivity contribution in [3.05, 3.63) is 29.3 Å². The van der Waals surface area contributed by atoms with Crippen LogP contribution in [0.25, 0.3) is 0 Å². The van der Waals surface area contributed by atoms with Crippen LogP contribution in [0.1, 0.15) is 19.8 Å². The molecule has 1 amide bonds. The number of benzene rings is 1. The van der Waals surface area contributed by atoms with Crippen molar-refractivity contribution in [3.63, 3.8) is 0 Å². The van der Waals surface area contributed by atoms with Gasteiger partial charge in [0, 0.05) is 13.0 Å². The highest BCUT2D eigenvalue weighted by Crippen LogP contribution is 2.25. The van der Waals surface area contributed by atoms with Crippen molar-refractivity contribution in [2.45, 2.75) is 19.8 Å². The molecule has 0 saturated carbocycles. The fourth-order valence-corrected chi connectivity index (χ4v) is 1.73. The zero-order valence-corrected chi connectivity index (χ0v) is 10.2. The first-order valence-electron chi connectivity index (χ1n) is 5.45. The van der Waals surface area contributed by atoms with Crippen molar-refractivity contribution in [3.8, 4) is 0 Å². The Hall–Kier alpha value is -1.06. The van der Waals surface area contributed by atoms with Gasteiger partial charge in [0.05, 0.1) is 10.7 Å². The SMILES string of the molecule is CCC(=O)N(CCCN)c1ccccc1Cl. The summed E-state index contributed by atoms with van der Waals surface area (Å²) in [6, 6.07) is 7.37. The normalized spacial score (nSPS) is 10.2. The lowest BCUT2D eigenvalue weighted by molar-refractivity contribution is -0.118. The van der Waals surface area contributed by atoms with E-state index in [1.54, 1.807) is 11.0 Å². The number of nitrogens with zero attached hydrogens (tertiary/aromatic N) is 1. The van der Waals surface area contributed by atoms with Crippen LogP contribution in [-0.2, 0) is 4.79 Å². The number of hydrogen-bond donors (Lipinski definition) is 1. The van der Waals surface area contributed by atoms with E-state index < -0.39 is 0 Å². The molecule has 1 rings (SSSR count). The Kier molecular flexibility index (Phi) is 5.29. The number of nitrogens with two attached hydrogens (primary N) is 1. The molecule has 0 radical (unpaired) electrons. The molecule has 0 heterocycles. The van der Waals surface area contributed by atoms with E-state index >= 15 is 0 Å². The van der Waals surface area contributed by atoms with Gasteiger partial charge in [-0.15, -0.1) is 0 Å². The van der Waals surface area contributed by atoms with Gasteiger partial charge in [-0.2, -0.15) is 0 Å². The van der Waals surface area contributed by atoms with Crippen molar-refractivity contribution < 1.29 is 4.79 Å². The van der Waals surface area contributed by atoms with Crippen molar-refractivity contribution >= 4 is 23.2 Å². The van der Waals surface area contributed by atoms with Crippen LogP contribution in [0.2, 0.25) is 5.02 Å². The maximum Gasteiger partial charge on any atom is 0.226 e. The number of amides is 1. The summed E-state index contributed by atoms with van der Waals surface area (Å²) < 4.78 is 0. The topological polar surface area (TPSA) is 46.3 Å². The van der Waals surface area contributed by atoms with E-state index in [0.717, 1.165) is 12.1 Å². The molecule has 1 aromatic rings. The third kappa shape index (κ3) is 3.22. The van der Waals surface area contributed by atoms with Crippen LogP contribution in [0.4, 0.5) is 5.69 Å². The molecule has 16 heavy (non-hydrogen) atoms. The van der Waals surface area contributed by atoms with Gasteiger partial charge in [0.1, 0.15) is 0 Å². The van der Waals surface area contributed by atoms with Crippen LogP contribution >= 0.6 is 11.6 Å². The first kappa shape index (κ1) is 13.0. The van der Waals surface area contributed by atoms with Crippen LogP contribution < -0.4 is 10.6 Å². The van der Waals surface area contributed by atoms with Gasteiger partial charge in [0.15, 0.2) is 0 Å². The molecule has 0 unspecified atom stereocenters. The fraction of sp³-hybridized carbons (Fsp3) is 0.417. The lowest BCUT2D eigenvalue weighted by atomic mass is 10.2. The minimum absolute atomic E-state index is 0.0709. The van der Waals surface area contributed by atoms with E-state index in [2.05, 4.69) is 0 Å². The summed E-state index contributed by atoms with van der Waals surface area (Å²) in [6.45, 7) is 3.03. The van der Waals surface area contributed by atoms with Gasteiger partial charge in [-0.3, -0.25) is 4.79 Å². The average Bonchev–Trinajstić information content (AvgIpc) is 2.31. The van der Waals surface area contributed by atoms with E-state index in [9.17, 15) is 4.79 Å². The zero-order chi connectivity index (χ0) is 12.0. The molecule has 0 aliphatic heterocycles. The molecular formula is C12H17ClN2O. The van der Waals surface area contributed by atoms with Gasteiger partial charge in [-0.25, -0.2) is 0 Å². The molecule has 0 fully saturated rings. The minimum atomic E-state index is 0.0709. The Labute approximate surface area is 101 Å². The lowest BCUT2D eigenvalue weighted by Gasteiger charge is -2.23. The number of carbonyl (C=O) groups excluding carboxylic acids is 1. The predicted molar refractivity (Wildman–Crippen MR) is 67.8 cm³/mol. The molecular weight excluding hydrogens is 224 g/mol. The zero-order valence-electron chi connectivity index (χ0n) is 9.45. The number of rotatable bonds is 5. The number of carbonyl (C=O) groups is 1. The molecule has 0 aliphatic carbocycles. The predicted octanol–water partition coefficient (Wildman–Crippen LogP) is 2.43. The molecule has 88 valence electrons. The Morgan fingerprint density at radius 3 is 2.69 bits per heavy atom. The highest BCUT2D eigenvalue weighted by Gasteiger charge is 2.15. The van der Waals surface area contributed by atoms with Crippen molar-refractivity contribution in [1.82, 2.24) is 0 Å². The van der Waals surface area contributed by atoms with Crippen molar-refractivity contribution in [2.24, 2.45) is 5.73 Å². The molecule has 2 N–H and O–H groups in total. The van der Waals surface area contributed by atoms with Crippen molar-refractivity contribution in [1.29, 1.82) is 0 Å². The quantitative estimate of drug-likeness (QED) is 0.859. The van der Waals surface area contributed by atoms with E-state index in [0.29, 0.717) is 24.5 Å². The van der Waals surface area contributed by atoms with Crippen LogP contribution in [-0.4, -0.2) is 19.0 Å². The molecule has 0 atom stereocenters. The van der Waals surface area contributed by atoms with Crippen LogP contribution in [0.5, 0.6) is 0 Å². The van der Waals surface area contributed by atoms with Crippen LogP contribution in [0.3, 0.4) is 0 Å². The second-order valence-corrected chi connectivity index (χ2v) is 3.90. The Balaban J connectivity index is 2.92. The molecule has 0 aromatic heterocycles. The third-order valence-electron chi connectivity index (χ3n) is 2.33. The number of anilines is 1. The summed E-state index contributed by atoms with van der Waals surface area (Å²) in [6.07, 6.45) is 1.24. The maximum absolute atomic E-state index is 11.8. The average molecular weight is 241 g/mol. The van der Waals surface area contributed by atoms with Gasteiger partial charge in [0.25, 0.3) is 0 Å². The molecule has 1 aromatic carbocycles. The van der Waals surface area contributed by atoms with E-state index in [1.807, 2.05) is 25.1 Å². The highest BCUT2D eigenvalue weighted by molar-refractivity contribution is 6.33. The fourth-order valence-electron chi connectivity index (χ4n) is 1.49.